The second kappa shape index (κ2) is 16.4. The summed E-state index contributed by atoms with van der Waals surface area (Å²) < 4.78 is 6.16. The first-order chi connectivity index (χ1) is 27.8. The summed E-state index contributed by atoms with van der Waals surface area (Å²) in [6, 6.07) is 41.7. The molecule has 1 unspecified atom stereocenters. The lowest BCUT2D eigenvalue weighted by Gasteiger charge is -2.35. The predicted octanol–water partition coefficient (Wildman–Crippen LogP) is 13.2. The summed E-state index contributed by atoms with van der Waals surface area (Å²) in [6.45, 7) is 26.5. The van der Waals surface area contributed by atoms with Crippen molar-refractivity contribution in [2.75, 3.05) is 0 Å². The van der Waals surface area contributed by atoms with Crippen LogP contribution in [0.4, 0.5) is 0 Å². The van der Waals surface area contributed by atoms with Gasteiger partial charge < -0.3 is 4.42 Å². The van der Waals surface area contributed by atoms with Crippen LogP contribution in [0.3, 0.4) is 0 Å². The van der Waals surface area contributed by atoms with E-state index in [1.54, 1.807) is 12.2 Å². The van der Waals surface area contributed by atoms with Crippen molar-refractivity contribution >= 4 is 28.8 Å². The lowest BCUT2D eigenvalue weighted by Crippen LogP contribution is -2.29. The predicted molar refractivity (Wildman–Crippen MR) is 246 cm³/mol. The van der Waals surface area contributed by atoms with Gasteiger partial charge in [-0.15, -0.1) is 0 Å². The summed E-state index contributed by atoms with van der Waals surface area (Å²) in [5.74, 6) is 0. The van der Waals surface area contributed by atoms with Crippen molar-refractivity contribution in [2.45, 2.75) is 26.2 Å². The van der Waals surface area contributed by atoms with E-state index in [1.165, 1.54) is 33.4 Å². The summed E-state index contributed by atoms with van der Waals surface area (Å²) in [7, 11) is 0. The van der Waals surface area contributed by atoms with Gasteiger partial charge in [-0.05, 0) is 100 Å². The fourth-order valence-corrected chi connectivity index (χ4v) is 8.14. The minimum Gasteiger partial charge on any atom is -0.457 e. The Morgan fingerprint density at radius 2 is 1.32 bits per heavy atom. The van der Waals surface area contributed by atoms with Gasteiger partial charge in [0.15, 0.2) is 0 Å². The van der Waals surface area contributed by atoms with E-state index in [1.807, 2.05) is 50.3 Å². The van der Waals surface area contributed by atoms with Gasteiger partial charge >= 0.3 is 0 Å². The highest BCUT2D eigenvalue weighted by Gasteiger charge is 2.46. The van der Waals surface area contributed by atoms with Crippen LogP contribution in [0.25, 0.3) is 56.5 Å². The summed E-state index contributed by atoms with van der Waals surface area (Å²) in [4.78, 5) is 4.84. The van der Waals surface area contributed by atoms with E-state index in [0.29, 0.717) is 11.1 Å². The number of benzene rings is 5. The molecule has 57 heavy (non-hydrogen) atoms. The minimum atomic E-state index is -0.489. The number of hydrogen-bond donors (Lipinski definition) is 0. The molecule has 1 aliphatic rings. The fourth-order valence-electron chi connectivity index (χ4n) is 8.14. The molecule has 2 heteroatoms. The van der Waals surface area contributed by atoms with Gasteiger partial charge in [0.2, 0.25) is 0 Å². The van der Waals surface area contributed by atoms with Crippen LogP contribution in [0.5, 0.6) is 0 Å². The number of aliphatic imine (C=N–C) groups is 1. The number of hydrogen-bond acceptors (Lipinski definition) is 2. The molecular weight excluding hydrogens is 691 g/mol. The molecule has 0 saturated heterocycles. The molecule has 0 aliphatic heterocycles. The molecule has 278 valence electrons. The molecule has 0 amide bonds. The van der Waals surface area contributed by atoms with Crippen LogP contribution in [-0.4, -0.2) is 5.71 Å². The molecule has 5 aromatic carbocycles. The molecule has 0 spiro atoms. The van der Waals surface area contributed by atoms with Crippen LogP contribution in [-0.2, 0) is 5.41 Å². The first-order valence-corrected chi connectivity index (χ1v) is 19.2. The van der Waals surface area contributed by atoms with Gasteiger partial charge in [-0.3, -0.25) is 4.99 Å². The molecule has 2 nitrogen and oxygen atoms in total. The Kier molecular flexibility index (Phi) is 11.0. The van der Waals surface area contributed by atoms with Crippen LogP contribution in [0.1, 0.15) is 37.5 Å². The highest BCUT2D eigenvalue weighted by Crippen LogP contribution is 2.57. The fraction of sp³-hybridized carbons (Fsp3) is 0.0727. The van der Waals surface area contributed by atoms with Gasteiger partial charge in [-0.1, -0.05) is 185 Å². The molecular formula is C55H47NO. The third kappa shape index (κ3) is 6.92. The molecule has 7 rings (SSSR count). The SMILES string of the molecule is C=C/C=C\C=C(/C)C(C)=NC(=C)/C(C=C)=c1/c(=C)oc2ccc(-c3ccc(-c4ccc5c(c4)C(C(/C=C\C=C)=C/C)(c4ccccc4)c4ccccc4-5)cc3)cc12. The summed E-state index contributed by atoms with van der Waals surface area (Å²) in [5, 5.41) is 1.78. The Hall–Kier alpha value is -7.03. The highest BCUT2D eigenvalue weighted by atomic mass is 16.3. The number of fused-ring (bicyclic) bond motifs is 4. The minimum absolute atomic E-state index is 0.489. The van der Waals surface area contributed by atoms with E-state index in [4.69, 9.17) is 9.41 Å². The van der Waals surface area contributed by atoms with Crippen molar-refractivity contribution in [1.82, 2.24) is 0 Å². The van der Waals surface area contributed by atoms with Crippen molar-refractivity contribution in [1.29, 1.82) is 0 Å². The molecule has 0 bridgehead atoms. The van der Waals surface area contributed by atoms with E-state index in [9.17, 15) is 0 Å². The van der Waals surface area contributed by atoms with Crippen LogP contribution < -0.4 is 10.6 Å². The lowest BCUT2D eigenvalue weighted by atomic mass is 9.66. The molecule has 1 heterocycles. The average Bonchev–Trinajstić information content (AvgIpc) is 3.72. The number of furan rings is 1. The first kappa shape index (κ1) is 38.3. The number of rotatable bonds is 12. The van der Waals surface area contributed by atoms with Gasteiger partial charge in [0, 0.05) is 21.9 Å². The number of allylic oxidation sites excluding steroid dienone is 11. The van der Waals surface area contributed by atoms with E-state index < -0.39 is 5.41 Å². The molecule has 6 aromatic rings. The molecule has 0 radical (unpaired) electrons. The molecule has 1 aromatic heterocycles. The van der Waals surface area contributed by atoms with E-state index in [0.717, 1.165) is 55.3 Å². The van der Waals surface area contributed by atoms with Crippen LogP contribution in [0, 0.1) is 0 Å². The number of nitrogens with zero attached hydrogens (tertiary/aromatic N) is 1. The monoisotopic (exact) mass is 737 g/mol. The largest absolute Gasteiger partial charge is 0.457 e. The Bertz CT molecular complexity index is 2830. The summed E-state index contributed by atoms with van der Waals surface area (Å²) in [6.07, 6.45) is 17.7. The van der Waals surface area contributed by atoms with E-state index in [2.05, 4.69) is 161 Å². The normalized spacial score (nSPS) is 16.2. The van der Waals surface area contributed by atoms with Gasteiger partial charge in [0.1, 0.15) is 11.0 Å². The van der Waals surface area contributed by atoms with Gasteiger partial charge in [0.25, 0.3) is 0 Å². The van der Waals surface area contributed by atoms with E-state index in [-0.39, 0.29) is 0 Å². The quantitative estimate of drug-likeness (QED) is 0.0907. The van der Waals surface area contributed by atoms with E-state index >= 15 is 0 Å². The van der Waals surface area contributed by atoms with Crippen LogP contribution >= 0.6 is 0 Å². The van der Waals surface area contributed by atoms with Gasteiger partial charge in [-0.25, -0.2) is 0 Å². The van der Waals surface area contributed by atoms with Crippen molar-refractivity contribution in [3.8, 4) is 33.4 Å². The standard InChI is InChI=1S/C55H47NO/c1-9-13-16-21-37(5)38(6)56-39(7)47(12-4)54-40(8)57-53-34-32-43(35-50(53)54)41-27-29-42(30-28-41)44-31-33-49-48-25-19-20-26-51(48)55(52(49)36-44,45(11-3)22-14-10-2)46-23-17-15-18-24-46/h9-36H,1-2,4,7-8H2,3,5-6H3/b16-13-,22-14-,37-21+,45-11+,54-47-,56-38?. The third-order valence-corrected chi connectivity index (χ3v) is 11.0. The molecule has 1 atom stereocenters. The second-order valence-corrected chi connectivity index (χ2v) is 14.2. The molecule has 0 fully saturated rings. The van der Waals surface area contributed by atoms with Crippen molar-refractivity contribution < 1.29 is 4.42 Å². The van der Waals surface area contributed by atoms with Crippen molar-refractivity contribution in [2.24, 2.45) is 4.99 Å². The maximum Gasteiger partial charge on any atom is 0.135 e. The Labute approximate surface area is 337 Å². The molecule has 0 saturated carbocycles. The highest BCUT2D eigenvalue weighted by molar-refractivity contribution is 6.00. The zero-order valence-electron chi connectivity index (χ0n) is 33.1. The van der Waals surface area contributed by atoms with Crippen LogP contribution in [0.15, 0.2) is 223 Å². The maximum absolute atomic E-state index is 6.16. The molecule has 0 N–H and O–H groups in total. The lowest BCUT2D eigenvalue weighted by molar-refractivity contribution is 0.577. The Morgan fingerprint density at radius 1 is 0.684 bits per heavy atom. The second-order valence-electron chi connectivity index (χ2n) is 14.2. The summed E-state index contributed by atoms with van der Waals surface area (Å²) >= 11 is 0. The van der Waals surface area contributed by atoms with Crippen LogP contribution in [0.2, 0.25) is 0 Å². The van der Waals surface area contributed by atoms with Crippen molar-refractivity contribution in [3.63, 3.8) is 0 Å². The smallest absolute Gasteiger partial charge is 0.135 e. The average molecular weight is 738 g/mol. The summed E-state index contributed by atoms with van der Waals surface area (Å²) in [5.41, 5.74) is 16.0. The van der Waals surface area contributed by atoms with Gasteiger partial charge in [-0.2, -0.15) is 0 Å². The zero-order chi connectivity index (χ0) is 40.1. The zero-order valence-corrected chi connectivity index (χ0v) is 33.1. The third-order valence-electron chi connectivity index (χ3n) is 11.0. The van der Waals surface area contributed by atoms with Crippen molar-refractivity contribution in [3.05, 3.63) is 240 Å². The Morgan fingerprint density at radius 3 is 2.00 bits per heavy atom. The van der Waals surface area contributed by atoms with Gasteiger partial charge in [0.05, 0.1) is 11.1 Å². The first-order valence-electron chi connectivity index (χ1n) is 19.2. The topological polar surface area (TPSA) is 25.5 Å². The molecule has 1 aliphatic carbocycles. The Balaban J connectivity index is 1.30. The maximum atomic E-state index is 6.16.